The molecule has 0 saturated heterocycles. The molecule has 164 valence electrons. The Hall–Kier alpha value is -1.89. The van der Waals surface area contributed by atoms with Crippen LogP contribution in [-0.2, 0) is 20.6 Å². The lowest BCUT2D eigenvalue weighted by Gasteiger charge is -2.09. The molecular formula is C22H38N4O3. The van der Waals surface area contributed by atoms with Crippen molar-refractivity contribution in [1.82, 2.24) is 18.7 Å². The van der Waals surface area contributed by atoms with Gasteiger partial charge >= 0.3 is 5.69 Å². The third-order valence-corrected chi connectivity index (χ3v) is 5.74. The molecule has 2 aromatic heterocycles. The highest BCUT2D eigenvalue weighted by Crippen LogP contribution is 2.13. The lowest BCUT2D eigenvalue weighted by molar-refractivity contribution is 0.150. The molecule has 7 heteroatoms. The fourth-order valence-corrected chi connectivity index (χ4v) is 3.96. The molecule has 0 saturated carbocycles. The SMILES string of the molecule is CCCC(O)CCCCCCCCCCCn1c(=O)c2c(ncn2C)n(C)c1=O. The quantitative estimate of drug-likeness (QED) is 0.487. The van der Waals surface area contributed by atoms with Crippen molar-refractivity contribution in [2.45, 2.75) is 96.6 Å². The van der Waals surface area contributed by atoms with Gasteiger partial charge in [-0.25, -0.2) is 9.78 Å². The molecule has 1 unspecified atom stereocenters. The molecule has 0 aliphatic heterocycles. The second-order valence-corrected chi connectivity index (χ2v) is 8.24. The maximum absolute atomic E-state index is 12.6. The van der Waals surface area contributed by atoms with Gasteiger partial charge in [0.25, 0.3) is 5.56 Å². The van der Waals surface area contributed by atoms with Gasteiger partial charge in [0, 0.05) is 20.6 Å². The van der Waals surface area contributed by atoms with Crippen molar-refractivity contribution in [1.29, 1.82) is 0 Å². The van der Waals surface area contributed by atoms with Crippen molar-refractivity contribution in [2.24, 2.45) is 14.1 Å². The second kappa shape index (κ2) is 12.0. The van der Waals surface area contributed by atoms with Crippen LogP contribution in [0.3, 0.4) is 0 Å². The van der Waals surface area contributed by atoms with E-state index < -0.39 is 0 Å². The van der Waals surface area contributed by atoms with Gasteiger partial charge in [0.2, 0.25) is 0 Å². The van der Waals surface area contributed by atoms with Gasteiger partial charge in [-0.05, 0) is 19.3 Å². The van der Waals surface area contributed by atoms with Gasteiger partial charge < -0.3 is 9.67 Å². The number of hydrogen-bond donors (Lipinski definition) is 1. The Morgan fingerprint density at radius 1 is 0.931 bits per heavy atom. The molecule has 0 radical (unpaired) electrons. The fraction of sp³-hybridized carbons (Fsp3) is 0.773. The highest BCUT2D eigenvalue weighted by atomic mass is 16.3. The van der Waals surface area contributed by atoms with E-state index in [2.05, 4.69) is 11.9 Å². The summed E-state index contributed by atoms with van der Waals surface area (Å²) in [5.41, 5.74) is 0.394. The number of aromatic nitrogens is 4. The van der Waals surface area contributed by atoms with Gasteiger partial charge in [-0.1, -0.05) is 64.7 Å². The molecule has 0 spiro atoms. The summed E-state index contributed by atoms with van der Waals surface area (Å²) < 4.78 is 4.48. The minimum absolute atomic E-state index is 0.108. The number of aliphatic hydroxyl groups excluding tert-OH is 1. The van der Waals surface area contributed by atoms with Gasteiger partial charge in [0.1, 0.15) is 0 Å². The number of unbranched alkanes of at least 4 members (excludes halogenated alkanes) is 8. The Balaban J connectivity index is 1.62. The van der Waals surface area contributed by atoms with E-state index in [0.29, 0.717) is 17.7 Å². The summed E-state index contributed by atoms with van der Waals surface area (Å²) in [5, 5.41) is 9.71. The van der Waals surface area contributed by atoms with Gasteiger partial charge in [0.15, 0.2) is 11.2 Å². The predicted octanol–water partition coefficient (Wildman–Crippen LogP) is 3.50. The predicted molar refractivity (Wildman–Crippen MR) is 117 cm³/mol. The Morgan fingerprint density at radius 2 is 1.52 bits per heavy atom. The molecule has 0 fully saturated rings. The van der Waals surface area contributed by atoms with Crippen molar-refractivity contribution < 1.29 is 5.11 Å². The minimum atomic E-state index is -0.287. The lowest BCUT2D eigenvalue weighted by atomic mass is 10.0. The normalized spacial score (nSPS) is 12.7. The fourth-order valence-electron chi connectivity index (χ4n) is 3.96. The highest BCUT2D eigenvalue weighted by Gasteiger charge is 2.14. The van der Waals surface area contributed by atoms with Crippen LogP contribution in [-0.4, -0.2) is 29.9 Å². The molecule has 0 aliphatic carbocycles. The van der Waals surface area contributed by atoms with E-state index in [1.807, 2.05) is 0 Å². The topological polar surface area (TPSA) is 82.1 Å². The zero-order valence-corrected chi connectivity index (χ0v) is 18.4. The number of nitrogens with zero attached hydrogens (tertiary/aromatic N) is 4. The maximum Gasteiger partial charge on any atom is 0.332 e. The molecule has 0 aliphatic rings. The van der Waals surface area contributed by atoms with Crippen LogP contribution in [0.4, 0.5) is 0 Å². The zero-order valence-electron chi connectivity index (χ0n) is 18.4. The number of imidazole rings is 1. The third kappa shape index (κ3) is 6.56. The third-order valence-electron chi connectivity index (χ3n) is 5.74. The number of aliphatic hydroxyl groups is 1. The van der Waals surface area contributed by atoms with Crippen LogP contribution in [0.5, 0.6) is 0 Å². The number of rotatable bonds is 14. The lowest BCUT2D eigenvalue weighted by Crippen LogP contribution is -2.39. The monoisotopic (exact) mass is 406 g/mol. The van der Waals surface area contributed by atoms with E-state index in [1.54, 1.807) is 25.0 Å². The first-order valence-electron chi connectivity index (χ1n) is 11.3. The maximum atomic E-state index is 12.6. The van der Waals surface area contributed by atoms with Crippen molar-refractivity contribution in [3.05, 3.63) is 27.2 Å². The first kappa shape index (κ1) is 23.4. The summed E-state index contributed by atoms with van der Waals surface area (Å²) in [6.45, 7) is 2.58. The van der Waals surface area contributed by atoms with Crippen molar-refractivity contribution in [3.8, 4) is 0 Å². The number of hydrogen-bond acceptors (Lipinski definition) is 4. The minimum Gasteiger partial charge on any atom is -0.393 e. The van der Waals surface area contributed by atoms with Crippen LogP contribution in [0.15, 0.2) is 15.9 Å². The molecular weight excluding hydrogens is 368 g/mol. The summed E-state index contributed by atoms with van der Waals surface area (Å²) in [7, 11) is 3.44. The Morgan fingerprint density at radius 3 is 2.14 bits per heavy atom. The van der Waals surface area contributed by atoms with E-state index in [9.17, 15) is 14.7 Å². The van der Waals surface area contributed by atoms with Crippen LogP contribution in [0, 0.1) is 0 Å². The first-order valence-corrected chi connectivity index (χ1v) is 11.3. The highest BCUT2D eigenvalue weighted by molar-refractivity contribution is 5.69. The summed E-state index contributed by atoms with van der Waals surface area (Å²) in [6.07, 6.45) is 14.7. The summed E-state index contributed by atoms with van der Waals surface area (Å²) in [5.74, 6) is 0. The molecule has 7 nitrogen and oxygen atoms in total. The van der Waals surface area contributed by atoms with Gasteiger partial charge in [-0.15, -0.1) is 0 Å². The van der Waals surface area contributed by atoms with Gasteiger partial charge in [0.05, 0.1) is 12.4 Å². The average Bonchev–Trinajstić information content (AvgIpc) is 3.08. The molecule has 0 bridgehead atoms. The van der Waals surface area contributed by atoms with Crippen LogP contribution < -0.4 is 11.2 Å². The largest absolute Gasteiger partial charge is 0.393 e. The zero-order chi connectivity index (χ0) is 21.2. The average molecular weight is 407 g/mol. The molecule has 1 atom stereocenters. The Kier molecular flexibility index (Phi) is 9.64. The summed E-state index contributed by atoms with van der Waals surface area (Å²) >= 11 is 0. The van der Waals surface area contributed by atoms with E-state index >= 15 is 0 Å². The Bertz CT molecular complexity index is 865. The van der Waals surface area contributed by atoms with E-state index in [0.717, 1.165) is 44.9 Å². The smallest absolute Gasteiger partial charge is 0.332 e. The van der Waals surface area contributed by atoms with E-state index in [1.165, 1.54) is 41.2 Å². The van der Waals surface area contributed by atoms with Crippen LogP contribution in [0.2, 0.25) is 0 Å². The molecule has 29 heavy (non-hydrogen) atoms. The molecule has 0 aromatic carbocycles. The van der Waals surface area contributed by atoms with Crippen LogP contribution in [0.1, 0.15) is 84.0 Å². The molecule has 0 amide bonds. The van der Waals surface area contributed by atoms with E-state index in [-0.39, 0.29) is 17.4 Å². The summed E-state index contributed by atoms with van der Waals surface area (Å²) in [4.78, 5) is 29.2. The van der Waals surface area contributed by atoms with Crippen molar-refractivity contribution >= 4 is 11.2 Å². The van der Waals surface area contributed by atoms with Crippen LogP contribution in [0.25, 0.3) is 11.2 Å². The molecule has 1 N–H and O–H groups in total. The first-order chi connectivity index (χ1) is 14.0. The standard InChI is InChI=1S/C22H38N4O3/c1-4-14-18(27)15-12-10-8-6-5-7-9-11-13-16-26-21(28)19-20(23-17-24(19)2)25(3)22(26)29/h17-18,27H,4-16H2,1-3H3. The van der Waals surface area contributed by atoms with Gasteiger partial charge in [-0.2, -0.15) is 0 Å². The molecule has 2 heterocycles. The summed E-state index contributed by atoms with van der Waals surface area (Å²) in [6, 6.07) is 0. The molecule has 2 rings (SSSR count). The van der Waals surface area contributed by atoms with Gasteiger partial charge in [-0.3, -0.25) is 13.9 Å². The second-order valence-electron chi connectivity index (χ2n) is 8.24. The number of aryl methyl sites for hydroxylation is 2. The van der Waals surface area contributed by atoms with Crippen molar-refractivity contribution in [2.75, 3.05) is 0 Å². The van der Waals surface area contributed by atoms with Crippen LogP contribution >= 0.6 is 0 Å². The number of fused-ring (bicyclic) bond motifs is 1. The Labute approximate surface area is 173 Å². The molecule has 2 aromatic rings. The van der Waals surface area contributed by atoms with Crippen molar-refractivity contribution in [3.63, 3.8) is 0 Å². The van der Waals surface area contributed by atoms with E-state index in [4.69, 9.17) is 0 Å².